The first-order valence-corrected chi connectivity index (χ1v) is 6.39. The molecular formula is C14H9BrF4O. The molecule has 0 aliphatic heterocycles. The van der Waals surface area contributed by atoms with Gasteiger partial charge in [-0.25, -0.2) is 4.39 Å². The van der Waals surface area contributed by atoms with Crippen LogP contribution in [0.5, 0.6) is 5.75 Å². The Morgan fingerprint density at radius 2 is 1.65 bits per heavy atom. The number of hydrogen-bond donors (Lipinski definition) is 0. The zero-order chi connectivity index (χ0) is 14.8. The summed E-state index contributed by atoms with van der Waals surface area (Å²) < 4.78 is 56.4. The quantitative estimate of drug-likeness (QED) is 0.694. The number of benzene rings is 2. The van der Waals surface area contributed by atoms with Crippen molar-refractivity contribution in [2.45, 2.75) is 12.8 Å². The second kappa shape index (κ2) is 5.83. The highest BCUT2D eigenvalue weighted by molar-refractivity contribution is 9.10. The van der Waals surface area contributed by atoms with Gasteiger partial charge in [-0.15, -0.1) is 0 Å². The van der Waals surface area contributed by atoms with Crippen LogP contribution in [-0.2, 0) is 12.8 Å². The van der Waals surface area contributed by atoms with E-state index in [1.165, 1.54) is 30.3 Å². The first-order chi connectivity index (χ1) is 9.36. The molecule has 0 heterocycles. The van der Waals surface area contributed by atoms with Crippen molar-refractivity contribution in [2.75, 3.05) is 0 Å². The summed E-state index contributed by atoms with van der Waals surface area (Å²) in [6, 6.07) is 8.77. The van der Waals surface area contributed by atoms with Crippen molar-refractivity contribution in [3.8, 4) is 5.75 Å². The summed E-state index contributed by atoms with van der Waals surface area (Å²) in [7, 11) is 0. The van der Waals surface area contributed by atoms with Gasteiger partial charge in [0, 0.05) is 4.47 Å². The Hall–Kier alpha value is -1.56. The molecule has 0 amide bonds. The first kappa shape index (κ1) is 14.8. The van der Waals surface area contributed by atoms with Crippen LogP contribution in [0.4, 0.5) is 17.6 Å². The molecule has 0 atom stereocenters. The second-order valence-electron chi connectivity index (χ2n) is 4.06. The van der Waals surface area contributed by atoms with Crippen LogP contribution in [-0.4, -0.2) is 0 Å². The molecule has 0 unspecified atom stereocenters. The molecule has 2 rings (SSSR count). The van der Waals surface area contributed by atoms with E-state index < -0.39 is 17.6 Å². The maximum Gasteiger partial charge on any atom is 0.416 e. The number of halogens is 5. The fourth-order valence-electron chi connectivity index (χ4n) is 1.54. The van der Waals surface area contributed by atoms with Crippen LogP contribution >= 0.6 is 15.9 Å². The molecule has 0 radical (unpaired) electrons. The minimum absolute atomic E-state index is 0.00842. The number of alkyl halides is 3. The van der Waals surface area contributed by atoms with E-state index in [1.54, 1.807) is 0 Å². The van der Waals surface area contributed by atoms with Gasteiger partial charge in [0.2, 0.25) is 0 Å². The van der Waals surface area contributed by atoms with Crippen molar-refractivity contribution < 1.29 is 22.3 Å². The van der Waals surface area contributed by atoms with Crippen LogP contribution in [0.15, 0.2) is 46.9 Å². The lowest BCUT2D eigenvalue weighted by atomic mass is 10.1. The van der Waals surface area contributed by atoms with Crippen molar-refractivity contribution in [3.05, 3.63) is 63.9 Å². The topological polar surface area (TPSA) is 9.23 Å². The van der Waals surface area contributed by atoms with Gasteiger partial charge in [-0.3, -0.25) is 0 Å². The summed E-state index contributed by atoms with van der Waals surface area (Å²) in [5, 5.41) is 0. The minimum Gasteiger partial charge on any atom is -0.486 e. The van der Waals surface area contributed by atoms with Gasteiger partial charge in [0.05, 0.1) is 5.56 Å². The highest BCUT2D eigenvalue weighted by atomic mass is 79.9. The second-order valence-corrected chi connectivity index (χ2v) is 4.97. The van der Waals surface area contributed by atoms with Gasteiger partial charge in [0.15, 0.2) is 11.6 Å². The lowest BCUT2D eigenvalue weighted by Crippen LogP contribution is -2.05. The van der Waals surface area contributed by atoms with Crippen LogP contribution in [0.1, 0.15) is 11.1 Å². The lowest BCUT2D eigenvalue weighted by Gasteiger charge is -2.09. The van der Waals surface area contributed by atoms with E-state index in [2.05, 4.69) is 15.9 Å². The first-order valence-electron chi connectivity index (χ1n) is 5.60. The van der Waals surface area contributed by atoms with E-state index in [0.717, 1.165) is 12.1 Å². The Labute approximate surface area is 121 Å². The van der Waals surface area contributed by atoms with E-state index in [0.29, 0.717) is 10.0 Å². The van der Waals surface area contributed by atoms with Gasteiger partial charge in [0.25, 0.3) is 0 Å². The summed E-state index contributed by atoms with van der Waals surface area (Å²) >= 11 is 3.18. The molecule has 0 aromatic heterocycles. The molecule has 0 fully saturated rings. The van der Waals surface area contributed by atoms with Crippen LogP contribution in [0.25, 0.3) is 0 Å². The van der Waals surface area contributed by atoms with Gasteiger partial charge in [-0.1, -0.05) is 28.1 Å². The maximum absolute atomic E-state index is 13.4. The molecule has 0 aliphatic carbocycles. The van der Waals surface area contributed by atoms with Gasteiger partial charge < -0.3 is 4.74 Å². The average molecular weight is 349 g/mol. The Bertz CT molecular complexity index is 593. The van der Waals surface area contributed by atoms with E-state index in [9.17, 15) is 17.6 Å². The normalized spacial score (nSPS) is 11.4. The monoisotopic (exact) mass is 348 g/mol. The van der Waals surface area contributed by atoms with E-state index in [1.807, 2.05) is 0 Å². The van der Waals surface area contributed by atoms with Gasteiger partial charge >= 0.3 is 6.18 Å². The summed E-state index contributed by atoms with van der Waals surface area (Å²) in [6.07, 6.45) is -4.37. The van der Waals surface area contributed by atoms with Crippen molar-refractivity contribution in [3.63, 3.8) is 0 Å². The van der Waals surface area contributed by atoms with E-state index in [4.69, 9.17) is 4.74 Å². The summed E-state index contributed by atoms with van der Waals surface area (Å²) in [6.45, 7) is -0.00842. The average Bonchev–Trinajstić information content (AvgIpc) is 2.39. The zero-order valence-electron chi connectivity index (χ0n) is 10.0. The van der Waals surface area contributed by atoms with Gasteiger partial charge in [-0.05, 0) is 35.9 Å². The maximum atomic E-state index is 13.4. The molecule has 0 bridgehead atoms. The molecular weight excluding hydrogens is 340 g/mol. The molecule has 0 saturated heterocycles. The molecule has 0 aliphatic rings. The Morgan fingerprint density at radius 3 is 2.25 bits per heavy atom. The number of rotatable bonds is 3. The fourth-order valence-corrected chi connectivity index (χ4v) is 1.88. The predicted molar refractivity (Wildman–Crippen MR) is 69.9 cm³/mol. The number of hydrogen-bond acceptors (Lipinski definition) is 1. The smallest absolute Gasteiger partial charge is 0.416 e. The van der Waals surface area contributed by atoms with Crippen LogP contribution < -0.4 is 4.74 Å². The predicted octanol–water partition coefficient (Wildman–Crippen LogP) is 5.19. The van der Waals surface area contributed by atoms with E-state index in [-0.39, 0.29) is 12.4 Å². The largest absolute Gasteiger partial charge is 0.486 e. The van der Waals surface area contributed by atoms with Crippen LogP contribution in [0.3, 0.4) is 0 Å². The highest BCUT2D eigenvalue weighted by Crippen LogP contribution is 2.29. The molecule has 106 valence electrons. The fraction of sp³-hybridized carbons (Fsp3) is 0.143. The third kappa shape index (κ3) is 3.72. The zero-order valence-corrected chi connectivity index (χ0v) is 11.6. The molecule has 0 saturated carbocycles. The standard InChI is InChI=1S/C14H9BrF4O/c15-11-5-6-12(16)13(7-11)20-8-9-1-3-10(4-2-9)14(17,18)19/h1-7H,8H2. The third-order valence-corrected chi connectivity index (χ3v) is 3.06. The molecule has 1 nitrogen and oxygen atoms in total. The van der Waals surface area contributed by atoms with Crippen molar-refractivity contribution in [2.24, 2.45) is 0 Å². The Morgan fingerprint density at radius 1 is 1.00 bits per heavy atom. The molecule has 2 aromatic carbocycles. The van der Waals surface area contributed by atoms with Gasteiger partial charge in [0.1, 0.15) is 6.61 Å². The summed E-state index contributed by atoms with van der Waals surface area (Å²) in [5.74, 6) is -0.487. The lowest BCUT2D eigenvalue weighted by molar-refractivity contribution is -0.137. The molecule has 0 N–H and O–H groups in total. The van der Waals surface area contributed by atoms with Crippen molar-refractivity contribution in [1.29, 1.82) is 0 Å². The Balaban J connectivity index is 2.06. The van der Waals surface area contributed by atoms with E-state index >= 15 is 0 Å². The molecule has 20 heavy (non-hydrogen) atoms. The van der Waals surface area contributed by atoms with Gasteiger partial charge in [-0.2, -0.15) is 13.2 Å². The molecule has 6 heteroatoms. The highest BCUT2D eigenvalue weighted by Gasteiger charge is 2.29. The molecule has 2 aromatic rings. The SMILES string of the molecule is Fc1ccc(Br)cc1OCc1ccc(C(F)(F)F)cc1. The Kier molecular flexibility index (Phi) is 4.32. The number of ether oxygens (including phenoxy) is 1. The minimum atomic E-state index is -4.37. The third-order valence-electron chi connectivity index (χ3n) is 2.57. The van der Waals surface area contributed by atoms with Crippen LogP contribution in [0, 0.1) is 5.82 Å². The van der Waals surface area contributed by atoms with Crippen molar-refractivity contribution in [1.82, 2.24) is 0 Å². The van der Waals surface area contributed by atoms with Crippen LogP contribution in [0.2, 0.25) is 0 Å². The van der Waals surface area contributed by atoms with Crippen molar-refractivity contribution >= 4 is 15.9 Å². The summed E-state index contributed by atoms with van der Waals surface area (Å²) in [4.78, 5) is 0. The summed E-state index contributed by atoms with van der Waals surface area (Å²) in [5.41, 5.74) is -0.202. The molecule has 0 spiro atoms.